The molecule has 1 saturated heterocycles. The van der Waals surface area contributed by atoms with Crippen LogP contribution in [0.1, 0.15) is 12.8 Å². The predicted octanol–water partition coefficient (Wildman–Crippen LogP) is 2.38. The van der Waals surface area contributed by atoms with Gasteiger partial charge in [-0.15, -0.1) is 0 Å². The fraction of sp³-hybridized carbons (Fsp3) is 0.429. The highest BCUT2D eigenvalue weighted by Gasteiger charge is 2.20. The Hall–Kier alpha value is -1.46. The lowest BCUT2D eigenvalue weighted by molar-refractivity contribution is 0.419. The monoisotopic (exact) mass is 274 g/mol. The van der Waals surface area contributed by atoms with Gasteiger partial charge in [0.2, 0.25) is 5.95 Å². The van der Waals surface area contributed by atoms with E-state index >= 15 is 0 Å². The number of nitrogens with zero attached hydrogens (tertiary/aromatic N) is 3. The lowest BCUT2D eigenvalue weighted by Crippen LogP contribution is -2.39. The van der Waals surface area contributed by atoms with Crippen molar-refractivity contribution in [1.82, 2.24) is 9.97 Å². The van der Waals surface area contributed by atoms with E-state index < -0.39 is 0 Å². The molecule has 1 aliphatic heterocycles. The summed E-state index contributed by atoms with van der Waals surface area (Å²) in [7, 11) is 0. The van der Waals surface area contributed by atoms with Crippen molar-refractivity contribution in [3.63, 3.8) is 0 Å². The molecule has 19 heavy (non-hydrogen) atoms. The Morgan fingerprint density at radius 2 is 2.37 bits per heavy atom. The number of aromatic nitrogens is 2. The van der Waals surface area contributed by atoms with Crippen molar-refractivity contribution in [3.05, 3.63) is 29.1 Å². The second kappa shape index (κ2) is 5.67. The number of anilines is 1. The molecule has 3 rings (SSSR count). The number of nitrogens with two attached hydrogens (primary N) is 1. The summed E-state index contributed by atoms with van der Waals surface area (Å²) in [4.78, 5) is 11.4. The van der Waals surface area contributed by atoms with E-state index in [-0.39, 0.29) is 0 Å². The average Bonchev–Trinajstić information content (AvgIpc) is 3.02. The fourth-order valence-corrected chi connectivity index (χ4v) is 3.16. The van der Waals surface area contributed by atoms with Gasteiger partial charge in [-0.3, -0.25) is 0 Å². The van der Waals surface area contributed by atoms with Crippen LogP contribution in [0.2, 0.25) is 0 Å². The highest BCUT2D eigenvalue weighted by molar-refractivity contribution is 7.08. The quantitative estimate of drug-likeness (QED) is 0.933. The molecule has 0 saturated carbocycles. The van der Waals surface area contributed by atoms with Crippen molar-refractivity contribution in [1.29, 1.82) is 0 Å². The zero-order valence-electron chi connectivity index (χ0n) is 10.8. The van der Waals surface area contributed by atoms with Gasteiger partial charge in [0.05, 0.1) is 5.69 Å². The molecule has 2 aromatic rings. The first-order valence-corrected chi connectivity index (χ1v) is 7.61. The van der Waals surface area contributed by atoms with Crippen molar-refractivity contribution in [2.45, 2.75) is 12.8 Å². The molecule has 1 unspecified atom stereocenters. The van der Waals surface area contributed by atoms with E-state index in [2.05, 4.69) is 31.7 Å². The minimum Gasteiger partial charge on any atom is -0.340 e. The van der Waals surface area contributed by atoms with Gasteiger partial charge in [0.25, 0.3) is 0 Å². The van der Waals surface area contributed by atoms with Crippen molar-refractivity contribution >= 4 is 17.3 Å². The molecule has 0 radical (unpaired) electrons. The molecule has 2 N–H and O–H groups in total. The van der Waals surface area contributed by atoms with Crippen LogP contribution in [-0.4, -0.2) is 29.6 Å². The zero-order valence-corrected chi connectivity index (χ0v) is 11.6. The molecular weight excluding hydrogens is 256 g/mol. The fourth-order valence-electron chi connectivity index (χ4n) is 2.51. The lowest BCUT2D eigenvalue weighted by atomic mass is 9.99. The molecule has 0 spiro atoms. The Labute approximate surface area is 117 Å². The van der Waals surface area contributed by atoms with E-state index in [1.807, 2.05) is 12.3 Å². The topological polar surface area (TPSA) is 55.0 Å². The van der Waals surface area contributed by atoms with Crippen LogP contribution in [-0.2, 0) is 0 Å². The predicted molar refractivity (Wildman–Crippen MR) is 79.3 cm³/mol. The van der Waals surface area contributed by atoms with Crippen LogP contribution >= 0.6 is 11.3 Å². The molecule has 0 aromatic carbocycles. The molecule has 0 aliphatic carbocycles. The maximum absolute atomic E-state index is 5.78. The molecule has 0 bridgehead atoms. The lowest BCUT2D eigenvalue weighted by Gasteiger charge is -2.32. The Balaban J connectivity index is 1.83. The van der Waals surface area contributed by atoms with Gasteiger partial charge in [0.15, 0.2) is 0 Å². The third-order valence-electron chi connectivity index (χ3n) is 3.59. The van der Waals surface area contributed by atoms with Gasteiger partial charge in [-0.05, 0) is 42.8 Å². The average molecular weight is 274 g/mol. The molecule has 0 amide bonds. The molecule has 1 aliphatic rings. The van der Waals surface area contributed by atoms with Crippen LogP contribution in [0, 0.1) is 5.92 Å². The second-order valence-electron chi connectivity index (χ2n) is 4.94. The van der Waals surface area contributed by atoms with E-state index in [1.54, 1.807) is 11.3 Å². The molecule has 1 fully saturated rings. The van der Waals surface area contributed by atoms with Gasteiger partial charge in [0.1, 0.15) is 0 Å². The van der Waals surface area contributed by atoms with Gasteiger partial charge >= 0.3 is 0 Å². The highest BCUT2D eigenvalue weighted by atomic mass is 32.1. The summed E-state index contributed by atoms with van der Waals surface area (Å²) in [5, 5.41) is 4.19. The van der Waals surface area contributed by atoms with Crippen molar-refractivity contribution < 1.29 is 0 Å². The summed E-state index contributed by atoms with van der Waals surface area (Å²) in [5.74, 6) is 1.41. The van der Waals surface area contributed by atoms with Crippen LogP contribution in [0.15, 0.2) is 29.1 Å². The minimum absolute atomic E-state index is 0.571. The molecule has 3 heterocycles. The third-order valence-corrected chi connectivity index (χ3v) is 4.28. The smallest absolute Gasteiger partial charge is 0.225 e. The van der Waals surface area contributed by atoms with Crippen LogP contribution in [0.25, 0.3) is 11.3 Å². The van der Waals surface area contributed by atoms with Gasteiger partial charge in [0, 0.05) is 30.2 Å². The summed E-state index contributed by atoms with van der Waals surface area (Å²) < 4.78 is 0. The number of hydrogen-bond acceptors (Lipinski definition) is 5. The van der Waals surface area contributed by atoms with E-state index in [0.717, 1.165) is 31.3 Å². The van der Waals surface area contributed by atoms with Crippen LogP contribution < -0.4 is 10.6 Å². The molecular formula is C14H18N4S. The molecule has 2 aromatic heterocycles. The SMILES string of the molecule is NCC1CCCN(c2nccc(-c3ccsc3)n2)C1. The highest BCUT2D eigenvalue weighted by Crippen LogP contribution is 2.24. The number of rotatable bonds is 3. The Morgan fingerprint density at radius 3 is 3.16 bits per heavy atom. The van der Waals surface area contributed by atoms with E-state index in [9.17, 15) is 0 Å². The summed E-state index contributed by atoms with van der Waals surface area (Å²) in [6, 6.07) is 4.06. The Kier molecular flexibility index (Phi) is 3.75. The van der Waals surface area contributed by atoms with Gasteiger partial charge < -0.3 is 10.6 Å². The van der Waals surface area contributed by atoms with Crippen LogP contribution in [0.3, 0.4) is 0 Å². The first-order valence-electron chi connectivity index (χ1n) is 6.67. The maximum atomic E-state index is 5.78. The molecule has 1 atom stereocenters. The molecule has 100 valence electrons. The van der Waals surface area contributed by atoms with Crippen molar-refractivity contribution in [2.75, 3.05) is 24.5 Å². The van der Waals surface area contributed by atoms with Gasteiger partial charge in [-0.2, -0.15) is 11.3 Å². The second-order valence-corrected chi connectivity index (χ2v) is 5.72. The number of piperidine rings is 1. The van der Waals surface area contributed by atoms with Crippen LogP contribution in [0.4, 0.5) is 5.95 Å². The largest absolute Gasteiger partial charge is 0.340 e. The number of thiophene rings is 1. The molecule has 4 nitrogen and oxygen atoms in total. The van der Waals surface area contributed by atoms with Crippen LogP contribution in [0.5, 0.6) is 0 Å². The normalized spacial score (nSPS) is 19.6. The Bertz CT molecular complexity index is 526. The van der Waals surface area contributed by atoms with E-state index in [0.29, 0.717) is 5.92 Å². The first kappa shape index (κ1) is 12.6. The third kappa shape index (κ3) is 2.77. The summed E-state index contributed by atoms with van der Waals surface area (Å²) in [6.45, 7) is 2.76. The van der Waals surface area contributed by atoms with Gasteiger partial charge in [-0.1, -0.05) is 0 Å². The van der Waals surface area contributed by atoms with E-state index in [4.69, 9.17) is 5.73 Å². The molecule has 5 heteroatoms. The maximum Gasteiger partial charge on any atom is 0.225 e. The summed E-state index contributed by atoms with van der Waals surface area (Å²) in [6.07, 6.45) is 4.24. The van der Waals surface area contributed by atoms with Crippen molar-refractivity contribution in [3.8, 4) is 11.3 Å². The van der Waals surface area contributed by atoms with Crippen molar-refractivity contribution in [2.24, 2.45) is 11.7 Å². The standard InChI is InChI=1S/C14H18N4S/c15-8-11-2-1-6-18(9-11)14-16-5-3-13(17-14)12-4-7-19-10-12/h3-5,7,10-11H,1-2,6,8-9,15H2. The summed E-state index contributed by atoms with van der Waals surface area (Å²) >= 11 is 1.69. The zero-order chi connectivity index (χ0) is 13.1. The van der Waals surface area contributed by atoms with E-state index in [1.165, 1.54) is 18.4 Å². The summed E-state index contributed by atoms with van der Waals surface area (Å²) in [5.41, 5.74) is 7.95. The number of hydrogen-bond donors (Lipinski definition) is 1. The minimum atomic E-state index is 0.571. The Morgan fingerprint density at radius 1 is 1.42 bits per heavy atom. The first-order chi connectivity index (χ1) is 9.36. The van der Waals surface area contributed by atoms with Gasteiger partial charge in [-0.25, -0.2) is 9.97 Å².